The summed E-state index contributed by atoms with van der Waals surface area (Å²) in [5.74, 6) is -1.27. The number of nitrogens with one attached hydrogen (secondary N) is 1. The van der Waals surface area contributed by atoms with Crippen molar-refractivity contribution >= 4 is 5.97 Å². The number of carboxylic acid groups (broad SMARTS) is 1. The van der Waals surface area contributed by atoms with Gasteiger partial charge in [-0.1, -0.05) is 45.0 Å². The molecule has 0 aliphatic heterocycles. The topological polar surface area (TPSA) is 49.3 Å². The predicted octanol–water partition coefficient (Wildman–Crippen LogP) is 2.37. The highest BCUT2D eigenvalue weighted by Gasteiger charge is 2.20. The maximum atomic E-state index is 11.1. The summed E-state index contributed by atoms with van der Waals surface area (Å²) in [6, 6.07) is 7.86. The molecule has 0 spiro atoms. The number of likely N-dealkylation sites (N-methyl/N-ethyl adjacent to an activating group) is 1. The van der Waals surface area contributed by atoms with E-state index in [9.17, 15) is 4.79 Å². The molecule has 3 heteroatoms. The Hall–Kier alpha value is -1.35. The minimum Gasteiger partial charge on any atom is -0.481 e. The van der Waals surface area contributed by atoms with Crippen LogP contribution in [0.4, 0.5) is 0 Å². The van der Waals surface area contributed by atoms with Gasteiger partial charge >= 0.3 is 5.97 Å². The molecule has 94 valence electrons. The van der Waals surface area contributed by atoms with Crippen LogP contribution < -0.4 is 5.32 Å². The van der Waals surface area contributed by atoms with Gasteiger partial charge in [-0.05, 0) is 23.6 Å². The zero-order chi connectivity index (χ0) is 13.1. The minimum atomic E-state index is -0.789. The van der Waals surface area contributed by atoms with Crippen molar-refractivity contribution < 1.29 is 9.90 Å². The summed E-state index contributed by atoms with van der Waals surface area (Å²) in [4.78, 5) is 11.1. The number of aliphatic carboxylic acids is 1. The van der Waals surface area contributed by atoms with E-state index in [1.807, 2.05) is 24.3 Å². The van der Waals surface area contributed by atoms with Crippen LogP contribution in [0.3, 0.4) is 0 Å². The third-order valence-electron chi connectivity index (χ3n) is 2.89. The molecule has 1 aromatic rings. The maximum absolute atomic E-state index is 11.1. The van der Waals surface area contributed by atoms with Crippen molar-refractivity contribution in [2.24, 2.45) is 0 Å². The summed E-state index contributed by atoms with van der Waals surface area (Å²) < 4.78 is 0. The Balaban J connectivity index is 2.96. The van der Waals surface area contributed by atoms with Crippen LogP contribution in [0.15, 0.2) is 24.3 Å². The van der Waals surface area contributed by atoms with E-state index in [0.717, 1.165) is 5.56 Å². The molecule has 3 nitrogen and oxygen atoms in total. The van der Waals surface area contributed by atoms with Gasteiger partial charge < -0.3 is 10.4 Å². The summed E-state index contributed by atoms with van der Waals surface area (Å²) in [5.41, 5.74) is 2.16. The normalized spacial score (nSPS) is 13.4. The highest BCUT2D eigenvalue weighted by Crippen LogP contribution is 2.24. The van der Waals surface area contributed by atoms with Crippen LogP contribution in [-0.2, 0) is 10.2 Å². The fourth-order valence-corrected chi connectivity index (χ4v) is 1.77. The van der Waals surface area contributed by atoms with Crippen LogP contribution in [0.5, 0.6) is 0 Å². The molecule has 0 radical (unpaired) electrons. The maximum Gasteiger partial charge on any atom is 0.312 e. The molecule has 1 aromatic carbocycles. The summed E-state index contributed by atoms with van der Waals surface area (Å²) >= 11 is 0. The lowest BCUT2D eigenvalue weighted by atomic mass is 9.85. The number of hydrogen-bond acceptors (Lipinski definition) is 2. The first-order valence-electron chi connectivity index (χ1n) is 5.84. The lowest BCUT2D eigenvalue weighted by molar-refractivity contribution is -0.138. The van der Waals surface area contributed by atoms with Gasteiger partial charge in [0.1, 0.15) is 0 Å². The summed E-state index contributed by atoms with van der Waals surface area (Å²) in [6.45, 7) is 6.88. The molecule has 0 aromatic heterocycles. The first kappa shape index (κ1) is 13.7. The van der Waals surface area contributed by atoms with Crippen molar-refractivity contribution in [2.75, 3.05) is 13.6 Å². The van der Waals surface area contributed by atoms with Crippen LogP contribution in [0, 0.1) is 0 Å². The second-order valence-electron chi connectivity index (χ2n) is 5.32. The highest BCUT2D eigenvalue weighted by atomic mass is 16.4. The lowest BCUT2D eigenvalue weighted by Gasteiger charge is -2.20. The number of carbonyl (C=O) groups is 1. The van der Waals surface area contributed by atoms with Crippen LogP contribution in [0.2, 0.25) is 0 Å². The van der Waals surface area contributed by atoms with Crippen LogP contribution in [-0.4, -0.2) is 24.7 Å². The van der Waals surface area contributed by atoms with E-state index in [1.165, 1.54) is 5.56 Å². The molecule has 0 saturated carbocycles. The molecule has 0 saturated heterocycles. The highest BCUT2D eigenvalue weighted by molar-refractivity contribution is 5.76. The van der Waals surface area contributed by atoms with Gasteiger partial charge in [0.2, 0.25) is 0 Å². The number of benzene rings is 1. The van der Waals surface area contributed by atoms with Crippen molar-refractivity contribution in [3.63, 3.8) is 0 Å². The van der Waals surface area contributed by atoms with Gasteiger partial charge in [0.05, 0.1) is 5.92 Å². The van der Waals surface area contributed by atoms with E-state index < -0.39 is 11.9 Å². The Labute approximate surface area is 103 Å². The smallest absolute Gasteiger partial charge is 0.312 e. The molecule has 1 unspecified atom stereocenters. The minimum absolute atomic E-state index is 0.0975. The van der Waals surface area contributed by atoms with Gasteiger partial charge in [-0.25, -0.2) is 0 Å². The number of carboxylic acids is 1. The van der Waals surface area contributed by atoms with Crippen molar-refractivity contribution in [3.8, 4) is 0 Å². The van der Waals surface area contributed by atoms with Crippen molar-refractivity contribution in [1.29, 1.82) is 0 Å². The molecule has 2 N–H and O–H groups in total. The van der Waals surface area contributed by atoms with Crippen LogP contribution in [0.25, 0.3) is 0 Å². The third-order valence-corrected chi connectivity index (χ3v) is 2.89. The van der Waals surface area contributed by atoms with Gasteiger partial charge in [0, 0.05) is 6.54 Å². The van der Waals surface area contributed by atoms with E-state index in [4.69, 9.17) is 5.11 Å². The Kier molecular flexibility index (Phi) is 4.29. The quantitative estimate of drug-likeness (QED) is 0.842. The van der Waals surface area contributed by atoms with Crippen LogP contribution in [0.1, 0.15) is 37.8 Å². The Morgan fingerprint density at radius 2 is 1.82 bits per heavy atom. The van der Waals surface area contributed by atoms with Crippen LogP contribution >= 0.6 is 0 Å². The summed E-state index contributed by atoms with van der Waals surface area (Å²) in [7, 11) is 1.76. The monoisotopic (exact) mass is 235 g/mol. The molecule has 17 heavy (non-hydrogen) atoms. The van der Waals surface area contributed by atoms with Gasteiger partial charge in [-0.2, -0.15) is 0 Å². The second-order valence-corrected chi connectivity index (χ2v) is 5.32. The average molecular weight is 235 g/mol. The van der Waals surface area contributed by atoms with Gasteiger partial charge in [-0.3, -0.25) is 4.79 Å². The molecule has 0 fully saturated rings. The largest absolute Gasteiger partial charge is 0.481 e. The standard InChI is InChI=1S/C14H21NO2/c1-14(2,3)11-7-5-10(6-8-11)12(9-15-4)13(16)17/h5-8,12,15H,9H2,1-4H3,(H,16,17). The fraction of sp³-hybridized carbons (Fsp3) is 0.500. The fourth-order valence-electron chi connectivity index (χ4n) is 1.77. The van der Waals surface area contributed by atoms with E-state index in [1.54, 1.807) is 7.05 Å². The SMILES string of the molecule is CNCC(C(=O)O)c1ccc(C(C)(C)C)cc1. The molecular formula is C14H21NO2. The molecule has 0 aliphatic rings. The molecule has 0 amide bonds. The average Bonchev–Trinajstić information content (AvgIpc) is 2.24. The van der Waals surface area contributed by atoms with E-state index >= 15 is 0 Å². The van der Waals surface area contributed by atoms with Gasteiger partial charge in [0.15, 0.2) is 0 Å². The number of hydrogen-bond donors (Lipinski definition) is 2. The molecule has 0 bridgehead atoms. The first-order chi connectivity index (χ1) is 7.86. The van der Waals surface area contributed by atoms with E-state index in [-0.39, 0.29) is 5.41 Å². The predicted molar refractivity (Wildman–Crippen MR) is 69.4 cm³/mol. The summed E-state index contributed by atoms with van der Waals surface area (Å²) in [5, 5.41) is 12.1. The van der Waals surface area contributed by atoms with Crippen molar-refractivity contribution in [3.05, 3.63) is 35.4 Å². The lowest BCUT2D eigenvalue weighted by Crippen LogP contribution is -2.24. The van der Waals surface area contributed by atoms with E-state index in [0.29, 0.717) is 6.54 Å². The zero-order valence-electron chi connectivity index (χ0n) is 10.9. The second kappa shape index (κ2) is 5.32. The zero-order valence-corrected chi connectivity index (χ0v) is 10.9. The van der Waals surface area contributed by atoms with E-state index in [2.05, 4.69) is 26.1 Å². The van der Waals surface area contributed by atoms with Crippen molar-refractivity contribution in [1.82, 2.24) is 5.32 Å². The summed E-state index contributed by atoms with van der Waals surface area (Å²) in [6.07, 6.45) is 0. The molecule has 1 atom stereocenters. The molecule has 0 heterocycles. The number of rotatable bonds is 4. The van der Waals surface area contributed by atoms with Gasteiger partial charge in [-0.15, -0.1) is 0 Å². The third kappa shape index (κ3) is 3.56. The first-order valence-corrected chi connectivity index (χ1v) is 5.84. The molecule has 0 aliphatic carbocycles. The van der Waals surface area contributed by atoms with Crippen molar-refractivity contribution in [2.45, 2.75) is 32.1 Å². The Morgan fingerprint density at radius 3 is 2.18 bits per heavy atom. The molecular weight excluding hydrogens is 214 g/mol. The Bertz CT molecular complexity index is 376. The Morgan fingerprint density at radius 1 is 1.29 bits per heavy atom. The molecule has 1 rings (SSSR count). The van der Waals surface area contributed by atoms with Gasteiger partial charge in [0.25, 0.3) is 0 Å².